The van der Waals surface area contributed by atoms with E-state index in [0.717, 1.165) is 11.4 Å². The zero-order valence-electron chi connectivity index (χ0n) is 9.79. The van der Waals surface area contributed by atoms with Crippen LogP contribution >= 0.6 is 0 Å². The highest BCUT2D eigenvalue weighted by molar-refractivity contribution is 5.80. The van der Waals surface area contributed by atoms with Crippen LogP contribution in [0.25, 0.3) is 0 Å². The molecule has 0 unspecified atom stereocenters. The van der Waals surface area contributed by atoms with Gasteiger partial charge in [0.25, 0.3) is 0 Å². The smallest absolute Gasteiger partial charge is 0.143 e. The summed E-state index contributed by atoms with van der Waals surface area (Å²) in [5.74, 6) is -0.345. The SMILES string of the molecule is C/C=C(/CNc1cncc(F)c1)N=C(C)C. The molecule has 1 aromatic rings. The van der Waals surface area contributed by atoms with Crippen LogP contribution < -0.4 is 5.32 Å². The standard InChI is InChI=1S/C12H16FN3/c1-4-11(16-9(2)3)8-15-12-5-10(13)6-14-7-12/h4-7,15H,8H2,1-3H3/b11-4-. The minimum Gasteiger partial charge on any atom is -0.378 e. The number of hydrogen-bond donors (Lipinski definition) is 1. The first-order chi connectivity index (χ1) is 7.61. The molecule has 0 saturated heterocycles. The molecular weight excluding hydrogens is 205 g/mol. The number of nitrogens with one attached hydrogen (secondary N) is 1. The summed E-state index contributed by atoms with van der Waals surface area (Å²) >= 11 is 0. The van der Waals surface area contributed by atoms with Crippen LogP contribution in [0.3, 0.4) is 0 Å². The van der Waals surface area contributed by atoms with Crippen molar-refractivity contribution in [3.8, 4) is 0 Å². The molecule has 1 aromatic heterocycles. The zero-order chi connectivity index (χ0) is 12.0. The van der Waals surface area contributed by atoms with Crippen molar-refractivity contribution in [3.05, 3.63) is 36.1 Å². The molecule has 16 heavy (non-hydrogen) atoms. The Kier molecular flexibility index (Phi) is 4.64. The maximum absolute atomic E-state index is 12.8. The highest BCUT2D eigenvalue weighted by Gasteiger charge is 1.97. The molecule has 0 radical (unpaired) electrons. The third-order valence-electron chi connectivity index (χ3n) is 1.88. The monoisotopic (exact) mass is 221 g/mol. The molecule has 0 atom stereocenters. The van der Waals surface area contributed by atoms with Crippen LogP contribution in [0.2, 0.25) is 0 Å². The van der Waals surface area contributed by atoms with Gasteiger partial charge in [-0.3, -0.25) is 9.98 Å². The molecule has 0 aliphatic rings. The molecule has 1 rings (SSSR count). The van der Waals surface area contributed by atoms with Crippen LogP contribution in [0.5, 0.6) is 0 Å². The van der Waals surface area contributed by atoms with Gasteiger partial charge in [0.15, 0.2) is 0 Å². The second-order valence-electron chi connectivity index (χ2n) is 3.58. The quantitative estimate of drug-likeness (QED) is 0.793. The van der Waals surface area contributed by atoms with E-state index in [9.17, 15) is 4.39 Å². The number of hydrogen-bond acceptors (Lipinski definition) is 3. The topological polar surface area (TPSA) is 37.3 Å². The summed E-state index contributed by atoms with van der Waals surface area (Å²) in [6.07, 6.45) is 4.68. The first-order valence-electron chi connectivity index (χ1n) is 5.13. The molecule has 1 N–H and O–H groups in total. The fourth-order valence-corrected chi connectivity index (χ4v) is 1.19. The average Bonchev–Trinajstić information content (AvgIpc) is 2.24. The van der Waals surface area contributed by atoms with Gasteiger partial charge >= 0.3 is 0 Å². The van der Waals surface area contributed by atoms with Crippen molar-refractivity contribution in [3.63, 3.8) is 0 Å². The van der Waals surface area contributed by atoms with E-state index in [1.54, 1.807) is 6.20 Å². The van der Waals surface area contributed by atoms with Crippen LogP contribution in [0, 0.1) is 5.82 Å². The van der Waals surface area contributed by atoms with E-state index in [1.165, 1.54) is 12.3 Å². The van der Waals surface area contributed by atoms with Crippen LogP contribution in [-0.2, 0) is 0 Å². The third-order valence-corrected chi connectivity index (χ3v) is 1.88. The molecule has 0 spiro atoms. The number of rotatable bonds is 4. The van der Waals surface area contributed by atoms with Crippen molar-refractivity contribution < 1.29 is 4.39 Å². The Bertz CT molecular complexity index is 406. The molecule has 0 aliphatic carbocycles. The van der Waals surface area contributed by atoms with Crippen LogP contribution in [0.4, 0.5) is 10.1 Å². The zero-order valence-corrected chi connectivity index (χ0v) is 9.79. The predicted octanol–water partition coefficient (Wildman–Crippen LogP) is 3.02. The van der Waals surface area contributed by atoms with E-state index in [0.29, 0.717) is 12.2 Å². The first kappa shape index (κ1) is 12.4. The Morgan fingerprint density at radius 3 is 2.81 bits per heavy atom. The van der Waals surface area contributed by atoms with E-state index in [-0.39, 0.29) is 5.82 Å². The Hall–Kier alpha value is -1.71. The van der Waals surface area contributed by atoms with Gasteiger partial charge < -0.3 is 5.32 Å². The average molecular weight is 221 g/mol. The van der Waals surface area contributed by atoms with Crippen molar-refractivity contribution in [2.75, 3.05) is 11.9 Å². The van der Waals surface area contributed by atoms with E-state index < -0.39 is 0 Å². The van der Waals surface area contributed by atoms with Gasteiger partial charge in [-0.15, -0.1) is 0 Å². The minimum absolute atomic E-state index is 0.345. The summed E-state index contributed by atoms with van der Waals surface area (Å²) < 4.78 is 12.8. The number of allylic oxidation sites excluding steroid dienone is 1. The van der Waals surface area contributed by atoms with Crippen LogP contribution in [-0.4, -0.2) is 17.2 Å². The van der Waals surface area contributed by atoms with Crippen LogP contribution in [0.15, 0.2) is 35.2 Å². The maximum atomic E-state index is 12.8. The largest absolute Gasteiger partial charge is 0.378 e. The van der Waals surface area contributed by atoms with Gasteiger partial charge in [0.2, 0.25) is 0 Å². The van der Waals surface area contributed by atoms with Crippen molar-refractivity contribution in [2.45, 2.75) is 20.8 Å². The minimum atomic E-state index is -0.345. The van der Waals surface area contributed by atoms with E-state index in [4.69, 9.17) is 0 Å². The molecule has 4 heteroatoms. The maximum Gasteiger partial charge on any atom is 0.143 e. The molecule has 0 bridgehead atoms. The fraction of sp³-hybridized carbons (Fsp3) is 0.333. The lowest BCUT2D eigenvalue weighted by Crippen LogP contribution is -2.05. The van der Waals surface area contributed by atoms with Gasteiger partial charge in [0.1, 0.15) is 5.82 Å². The van der Waals surface area contributed by atoms with Gasteiger partial charge in [-0.05, 0) is 20.8 Å². The molecule has 0 amide bonds. The van der Waals surface area contributed by atoms with Crippen molar-refractivity contribution >= 4 is 11.4 Å². The van der Waals surface area contributed by atoms with Gasteiger partial charge in [-0.2, -0.15) is 0 Å². The molecule has 0 saturated carbocycles. The highest BCUT2D eigenvalue weighted by Crippen LogP contribution is 2.08. The Morgan fingerprint density at radius 1 is 1.50 bits per heavy atom. The summed E-state index contributed by atoms with van der Waals surface area (Å²) in [5.41, 5.74) is 2.57. The summed E-state index contributed by atoms with van der Waals surface area (Å²) in [6.45, 7) is 6.36. The van der Waals surface area contributed by atoms with E-state index in [2.05, 4.69) is 15.3 Å². The molecule has 0 aromatic carbocycles. The number of aromatic nitrogens is 1. The molecule has 1 heterocycles. The van der Waals surface area contributed by atoms with Crippen molar-refractivity contribution in [1.29, 1.82) is 0 Å². The Balaban J connectivity index is 2.60. The van der Waals surface area contributed by atoms with Gasteiger partial charge in [-0.25, -0.2) is 4.39 Å². The molecule has 0 fully saturated rings. The van der Waals surface area contributed by atoms with E-state index in [1.807, 2.05) is 26.8 Å². The molecule has 0 aliphatic heterocycles. The lowest BCUT2D eigenvalue weighted by Gasteiger charge is -2.06. The summed E-state index contributed by atoms with van der Waals surface area (Å²) in [4.78, 5) is 8.09. The van der Waals surface area contributed by atoms with Gasteiger partial charge in [0.05, 0.1) is 30.3 Å². The second kappa shape index (κ2) is 6.00. The summed E-state index contributed by atoms with van der Waals surface area (Å²) in [5, 5.41) is 3.06. The summed E-state index contributed by atoms with van der Waals surface area (Å²) in [6, 6.07) is 1.41. The van der Waals surface area contributed by atoms with Crippen molar-refractivity contribution in [1.82, 2.24) is 4.98 Å². The Labute approximate surface area is 95.1 Å². The summed E-state index contributed by atoms with van der Waals surface area (Å²) in [7, 11) is 0. The molecular formula is C12H16FN3. The molecule has 3 nitrogen and oxygen atoms in total. The number of nitrogens with zero attached hydrogens (tertiary/aromatic N) is 2. The van der Waals surface area contributed by atoms with Gasteiger partial charge in [0, 0.05) is 11.8 Å². The normalized spacial score (nSPS) is 11.1. The third kappa shape index (κ3) is 4.21. The second-order valence-corrected chi connectivity index (χ2v) is 3.58. The lowest BCUT2D eigenvalue weighted by atomic mass is 10.3. The van der Waals surface area contributed by atoms with Crippen molar-refractivity contribution in [2.24, 2.45) is 4.99 Å². The first-order valence-corrected chi connectivity index (χ1v) is 5.13. The lowest BCUT2D eigenvalue weighted by molar-refractivity contribution is 0.622. The number of anilines is 1. The fourth-order valence-electron chi connectivity index (χ4n) is 1.19. The number of pyridine rings is 1. The number of halogens is 1. The van der Waals surface area contributed by atoms with Gasteiger partial charge in [-0.1, -0.05) is 6.08 Å². The molecule has 86 valence electrons. The van der Waals surface area contributed by atoms with E-state index >= 15 is 0 Å². The number of aliphatic imine (C=N–C) groups is 1. The highest BCUT2D eigenvalue weighted by atomic mass is 19.1. The Morgan fingerprint density at radius 2 is 2.25 bits per heavy atom. The van der Waals surface area contributed by atoms with Crippen LogP contribution in [0.1, 0.15) is 20.8 Å². The predicted molar refractivity (Wildman–Crippen MR) is 65.2 cm³/mol.